The summed E-state index contributed by atoms with van der Waals surface area (Å²) in [6.45, 7) is 2.87. The Morgan fingerprint density at radius 3 is 2.41 bits per heavy atom. The number of nitrogens with zero attached hydrogens (tertiary/aromatic N) is 2. The monoisotopic (exact) mass is 516 g/mol. The zero-order chi connectivity index (χ0) is 19.7. The Morgan fingerprint density at radius 1 is 1.21 bits per heavy atom. The number of likely N-dealkylation sites (tertiary alicyclic amines) is 1. The number of aliphatic imine (C=N–C) groups is 1. The van der Waals surface area contributed by atoms with Gasteiger partial charge in [0.15, 0.2) is 5.96 Å². The van der Waals surface area contributed by atoms with Gasteiger partial charge in [-0.25, -0.2) is 0 Å². The van der Waals surface area contributed by atoms with Crippen LogP contribution in [0.3, 0.4) is 0 Å². The number of guanidine groups is 1. The Morgan fingerprint density at radius 2 is 1.86 bits per heavy atom. The average Bonchev–Trinajstić information content (AvgIpc) is 3.05. The fourth-order valence-corrected chi connectivity index (χ4v) is 5.13. The number of methoxy groups -OCH3 is 1. The van der Waals surface area contributed by atoms with Crippen molar-refractivity contribution in [3.05, 3.63) is 12.2 Å². The van der Waals surface area contributed by atoms with E-state index in [-0.39, 0.29) is 59.5 Å². The fraction of sp³-hybridized carbons (Fsp3) is 0.762. The first-order chi connectivity index (χ1) is 13.6. The third kappa shape index (κ3) is 4.47. The first-order valence-electron chi connectivity index (χ1n) is 10.6. The van der Waals surface area contributed by atoms with Crippen molar-refractivity contribution >= 4 is 41.8 Å². The second-order valence-corrected chi connectivity index (χ2v) is 8.78. The summed E-state index contributed by atoms with van der Waals surface area (Å²) in [5, 5.41) is 6.71. The third-order valence-corrected chi connectivity index (χ3v) is 7.06. The number of imide groups is 1. The molecule has 4 unspecified atom stereocenters. The molecule has 0 radical (unpaired) electrons. The summed E-state index contributed by atoms with van der Waals surface area (Å²) < 4.78 is 5.20. The van der Waals surface area contributed by atoms with Gasteiger partial charge in [0, 0.05) is 40.4 Å². The van der Waals surface area contributed by atoms with Crippen LogP contribution in [0.2, 0.25) is 0 Å². The zero-order valence-corrected chi connectivity index (χ0v) is 19.7. The van der Waals surface area contributed by atoms with E-state index in [1.807, 2.05) is 0 Å². The molecule has 1 heterocycles. The van der Waals surface area contributed by atoms with Gasteiger partial charge in [-0.1, -0.05) is 12.2 Å². The van der Waals surface area contributed by atoms with Crippen LogP contribution < -0.4 is 10.6 Å². The highest BCUT2D eigenvalue weighted by Gasteiger charge is 2.58. The summed E-state index contributed by atoms with van der Waals surface area (Å²) in [6, 6.07) is 0. The number of fused-ring (bicyclic) bond motifs is 5. The maximum Gasteiger partial charge on any atom is 0.233 e. The number of carbonyl (C=O) groups is 2. The summed E-state index contributed by atoms with van der Waals surface area (Å²) in [4.78, 5) is 31.1. The molecule has 2 amide bonds. The molecule has 0 aromatic heterocycles. The lowest BCUT2D eigenvalue weighted by Gasteiger charge is -2.19. The molecule has 4 rings (SSSR count). The molecule has 0 aromatic rings. The molecule has 8 heteroatoms. The van der Waals surface area contributed by atoms with E-state index >= 15 is 0 Å². The number of halogens is 1. The zero-order valence-electron chi connectivity index (χ0n) is 17.4. The number of allylic oxidation sites excluding steroid dienone is 2. The number of hydrogen-bond acceptors (Lipinski definition) is 4. The second-order valence-electron chi connectivity index (χ2n) is 8.78. The van der Waals surface area contributed by atoms with Crippen LogP contribution in [-0.4, -0.2) is 63.1 Å². The van der Waals surface area contributed by atoms with Gasteiger partial charge < -0.3 is 15.4 Å². The van der Waals surface area contributed by atoms with Gasteiger partial charge in [0.2, 0.25) is 11.8 Å². The van der Waals surface area contributed by atoms with Crippen molar-refractivity contribution in [2.24, 2.45) is 34.1 Å². The fourth-order valence-electron chi connectivity index (χ4n) is 5.13. The largest absolute Gasteiger partial charge is 0.385 e. The summed E-state index contributed by atoms with van der Waals surface area (Å²) in [5.41, 5.74) is 0.354. The van der Waals surface area contributed by atoms with Crippen LogP contribution in [0.15, 0.2) is 17.1 Å². The molecule has 2 N–H and O–H groups in total. The third-order valence-electron chi connectivity index (χ3n) is 7.06. The molecule has 1 aliphatic heterocycles. The van der Waals surface area contributed by atoms with Crippen molar-refractivity contribution in [3.8, 4) is 0 Å². The van der Waals surface area contributed by atoms with Crippen molar-refractivity contribution < 1.29 is 14.3 Å². The maximum absolute atomic E-state index is 12.7. The topological polar surface area (TPSA) is 83.0 Å². The average molecular weight is 516 g/mol. The highest BCUT2D eigenvalue weighted by atomic mass is 127. The van der Waals surface area contributed by atoms with Crippen LogP contribution >= 0.6 is 24.0 Å². The molecule has 3 fully saturated rings. The van der Waals surface area contributed by atoms with Crippen molar-refractivity contribution in [2.75, 3.05) is 40.4 Å². The minimum atomic E-state index is -0.0910. The van der Waals surface area contributed by atoms with Crippen LogP contribution in [0.1, 0.15) is 32.1 Å². The minimum absolute atomic E-state index is 0. The van der Waals surface area contributed by atoms with E-state index in [1.165, 1.54) is 17.7 Å². The summed E-state index contributed by atoms with van der Waals surface area (Å²) in [5.74, 6) is 1.25. The molecular weight excluding hydrogens is 483 g/mol. The Kier molecular flexibility index (Phi) is 7.24. The van der Waals surface area contributed by atoms with Crippen LogP contribution in [-0.2, 0) is 14.3 Å². The molecule has 162 valence electrons. The number of carbonyl (C=O) groups excluding carboxylic acids is 2. The quantitative estimate of drug-likeness (QED) is 0.122. The van der Waals surface area contributed by atoms with Crippen LogP contribution in [0.25, 0.3) is 0 Å². The Bertz CT molecular complexity index is 661. The number of ether oxygens (including phenoxy) is 1. The van der Waals surface area contributed by atoms with Crippen LogP contribution in [0, 0.1) is 29.1 Å². The standard InChI is InChI=1S/C21H32N4O3.HI/c1-22-20(24-13-21(6-7-21)8-11-28-2)23-9-3-10-25-18(26)16-14-4-5-15(12-14)17(16)19(25)27;/h4-5,14-17H,3,6-13H2,1-2H3,(H2,22,23,24);1H. The molecular formula is C21H33IN4O3. The summed E-state index contributed by atoms with van der Waals surface area (Å²) in [6.07, 6.45) is 9.53. The van der Waals surface area contributed by atoms with Gasteiger partial charge in [-0.2, -0.15) is 0 Å². The van der Waals surface area contributed by atoms with E-state index < -0.39 is 0 Å². The van der Waals surface area contributed by atoms with Gasteiger partial charge >= 0.3 is 0 Å². The van der Waals surface area contributed by atoms with Crippen LogP contribution in [0.4, 0.5) is 0 Å². The Balaban J connectivity index is 0.00000240. The molecule has 7 nitrogen and oxygen atoms in total. The van der Waals surface area contributed by atoms with E-state index in [0.717, 1.165) is 38.4 Å². The molecule has 0 aromatic carbocycles. The predicted molar refractivity (Wildman–Crippen MR) is 122 cm³/mol. The van der Waals surface area contributed by atoms with E-state index in [2.05, 4.69) is 27.8 Å². The summed E-state index contributed by atoms with van der Waals surface area (Å²) >= 11 is 0. The van der Waals surface area contributed by atoms with E-state index in [9.17, 15) is 9.59 Å². The van der Waals surface area contributed by atoms with Gasteiger partial charge in [0.05, 0.1) is 11.8 Å². The minimum Gasteiger partial charge on any atom is -0.385 e. The first-order valence-corrected chi connectivity index (χ1v) is 10.6. The smallest absolute Gasteiger partial charge is 0.233 e. The Labute approximate surface area is 190 Å². The molecule has 4 atom stereocenters. The Hall–Kier alpha value is -1.16. The molecule has 2 saturated carbocycles. The number of amides is 2. The second kappa shape index (κ2) is 9.32. The number of rotatable bonds is 9. The van der Waals surface area contributed by atoms with E-state index in [0.29, 0.717) is 18.5 Å². The van der Waals surface area contributed by atoms with Crippen molar-refractivity contribution in [2.45, 2.75) is 32.1 Å². The molecule has 4 aliphatic rings. The normalized spacial score (nSPS) is 31.1. The van der Waals surface area contributed by atoms with Gasteiger partial charge in [0.1, 0.15) is 0 Å². The SMILES string of the molecule is CN=C(NCCCN1C(=O)C2C3C=CC(C3)C2C1=O)NCC1(CCOC)CC1.I. The van der Waals surface area contributed by atoms with Gasteiger partial charge in [-0.3, -0.25) is 19.5 Å². The molecule has 3 aliphatic carbocycles. The van der Waals surface area contributed by atoms with Crippen molar-refractivity contribution in [3.63, 3.8) is 0 Å². The van der Waals surface area contributed by atoms with Gasteiger partial charge in [0.25, 0.3) is 0 Å². The lowest BCUT2D eigenvalue weighted by Crippen LogP contribution is -2.42. The van der Waals surface area contributed by atoms with Gasteiger partial charge in [-0.15, -0.1) is 24.0 Å². The molecule has 1 saturated heterocycles. The van der Waals surface area contributed by atoms with Crippen molar-refractivity contribution in [1.29, 1.82) is 0 Å². The highest BCUT2D eigenvalue weighted by Crippen LogP contribution is 2.52. The highest BCUT2D eigenvalue weighted by molar-refractivity contribution is 14.0. The van der Waals surface area contributed by atoms with Gasteiger partial charge in [-0.05, 0) is 49.4 Å². The maximum atomic E-state index is 12.7. The van der Waals surface area contributed by atoms with E-state index in [4.69, 9.17) is 4.74 Å². The molecule has 0 spiro atoms. The predicted octanol–water partition coefficient (Wildman–Crippen LogP) is 1.78. The number of hydrogen-bond donors (Lipinski definition) is 2. The van der Waals surface area contributed by atoms with Crippen molar-refractivity contribution in [1.82, 2.24) is 15.5 Å². The van der Waals surface area contributed by atoms with E-state index in [1.54, 1.807) is 14.2 Å². The molecule has 29 heavy (non-hydrogen) atoms. The summed E-state index contributed by atoms with van der Waals surface area (Å²) in [7, 11) is 3.51. The lowest BCUT2D eigenvalue weighted by atomic mass is 9.85. The molecule has 2 bridgehead atoms. The first kappa shape index (κ1) is 22.5. The van der Waals surface area contributed by atoms with Crippen LogP contribution in [0.5, 0.6) is 0 Å². The lowest BCUT2D eigenvalue weighted by molar-refractivity contribution is -0.140. The number of nitrogens with one attached hydrogen (secondary N) is 2.